The number of ketones is 1. The van der Waals surface area contributed by atoms with Crippen molar-refractivity contribution in [2.75, 3.05) is 0 Å². The molecule has 0 aliphatic heterocycles. The normalized spacial score (nSPS) is 12.0. The molecule has 1 heterocycles. The average molecular weight is 328 g/mol. The van der Waals surface area contributed by atoms with Crippen molar-refractivity contribution in [3.63, 3.8) is 0 Å². The molecular formula is C15H12ClF2NO3. The summed E-state index contributed by atoms with van der Waals surface area (Å²) in [6.45, 7) is 1.60. The molecule has 0 aliphatic carbocycles. The zero-order valence-corrected chi connectivity index (χ0v) is 12.3. The van der Waals surface area contributed by atoms with Gasteiger partial charge >= 0.3 is 0 Å². The fraction of sp³-hybridized carbons (Fsp3) is 0.200. The summed E-state index contributed by atoms with van der Waals surface area (Å²) in [7, 11) is 0. The van der Waals surface area contributed by atoms with Gasteiger partial charge in [-0.2, -0.15) is 0 Å². The Labute approximate surface area is 130 Å². The fourth-order valence-electron chi connectivity index (χ4n) is 1.87. The second-order valence-electron chi connectivity index (χ2n) is 4.73. The van der Waals surface area contributed by atoms with E-state index in [9.17, 15) is 18.4 Å². The average Bonchev–Trinajstić information content (AvgIpc) is 2.96. The highest BCUT2D eigenvalue weighted by atomic mass is 35.5. The number of amides is 1. The van der Waals surface area contributed by atoms with E-state index in [4.69, 9.17) is 16.0 Å². The molecule has 0 fully saturated rings. The van der Waals surface area contributed by atoms with E-state index >= 15 is 0 Å². The first kappa shape index (κ1) is 16.2. The van der Waals surface area contributed by atoms with Gasteiger partial charge in [-0.15, -0.1) is 0 Å². The Hall–Kier alpha value is -2.21. The highest BCUT2D eigenvalue weighted by molar-refractivity contribution is 6.33. The lowest BCUT2D eigenvalue weighted by Crippen LogP contribution is -2.34. The van der Waals surface area contributed by atoms with Crippen LogP contribution >= 0.6 is 11.6 Å². The molecule has 0 spiro atoms. The minimum atomic E-state index is -1.17. The summed E-state index contributed by atoms with van der Waals surface area (Å²) < 4.78 is 31.1. The van der Waals surface area contributed by atoms with Crippen LogP contribution in [0.15, 0.2) is 34.9 Å². The van der Waals surface area contributed by atoms with Crippen LogP contribution in [0, 0.1) is 11.6 Å². The van der Waals surface area contributed by atoms with E-state index < -0.39 is 23.6 Å². The molecule has 2 rings (SSSR count). The van der Waals surface area contributed by atoms with E-state index in [0.29, 0.717) is 6.07 Å². The maximum absolute atomic E-state index is 13.2. The van der Waals surface area contributed by atoms with Crippen LogP contribution in [0.5, 0.6) is 0 Å². The molecule has 7 heteroatoms. The van der Waals surface area contributed by atoms with Crippen LogP contribution in [0.1, 0.15) is 34.3 Å². The first-order chi connectivity index (χ1) is 10.4. The van der Waals surface area contributed by atoms with Crippen LogP contribution < -0.4 is 5.32 Å². The molecule has 0 unspecified atom stereocenters. The number of carbonyl (C=O) groups is 2. The van der Waals surface area contributed by atoms with Crippen LogP contribution in [0.25, 0.3) is 0 Å². The van der Waals surface area contributed by atoms with Crippen molar-refractivity contribution in [1.82, 2.24) is 5.32 Å². The lowest BCUT2D eigenvalue weighted by atomic mass is 10.1. The highest BCUT2D eigenvalue weighted by Crippen LogP contribution is 2.20. The Morgan fingerprint density at radius 3 is 2.64 bits per heavy atom. The third-order valence-corrected chi connectivity index (χ3v) is 3.23. The van der Waals surface area contributed by atoms with Crippen LogP contribution in [0.2, 0.25) is 5.02 Å². The number of hydrogen-bond donors (Lipinski definition) is 1. The minimum Gasteiger partial charge on any atom is -0.461 e. The van der Waals surface area contributed by atoms with Gasteiger partial charge in [0.2, 0.25) is 0 Å². The van der Waals surface area contributed by atoms with Crippen molar-refractivity contribution in [2.24, 2.45) is 0 Å². The number of Topliss-reactive ketones (excluding diaryl/α,β-unsaturated/α-hetero) is 1. The second-order valence-corrected chi connectivity index (χ2v) is 5.13. The maximum atomic E-state index is 13.2. The first-order valence-corrected chi connectivity index (χ1v) is 6.78. The highest BCUT2D eigenvalue weighted by Gasteiger charge is 2.19. The Balaban J connectivity index is 2.02. The van der Waals surface area contributed by atoms with Crippen LogP contribution in [0.3, 0.4) is 0 Å². The van der Waals surface area contributed by atoms with Crippen molar-refractivity contribution >= 4 is 23.3 Å². The predicted molar refractivity (Wildman–Crippen MR) is 76.0 cm³/mol. The van der Waals surface area contributed by atoms with Crippen molar-refractivity contribution in [1.29, 1.82) is 0 Å². The molecule has 0 saturated heterocycles. The maximum Gasteiger partial charge on any atom is 0.253 e. The summed E-state index contributed by atoms with van der Waals surface area (Å²) >= 11 is 5.72. The summed E-state index contributed by atoms with van der Waals surface area (Å²) in [4.78, 5) is 23.8. The Bertz CT molecular complexity index is 701. The number of halogens is 3. The van der Waals surface area contributed by atoms with E-state index in [1.165, 1.54) is 12.3 Å². The summed E-state index contributed by atoms with van der Waals surface area (Å²) in [6.07, 6.45) is 1.37. The molecule has 2 aromatic rings. The molecule has 1 N–H and O–H groups in total. The van der Waals surface area contributed by atoms with Gasteiger partial charge in [-0.25, -0.2) is 8.78 Å². The van der Waals surface area contributed by atoms with Crippen molar-refractivity contribution in [3.8, 4) is 0 Å². The number of furan rings is 1. The Kier molecular flexibility index (Phi) is 4.92. The third-order valence-electron chi connectivity index (χ3n) is 2.92. The summed E-state index contributed by atoms with van der Waals surface area (Å²) in [6, 6.07) is 4.01. The molecule has 1 aromatic carbocycles. The van der Waals surface area contributed by atoms with Gasteiger partial charge < -0.3 is 9.73 Å². The molecule has 0 saturated carbocycles. The van der Waals surface area contributed by atoms with Gasteiger partial charge in [-0.05, 0) is 31.2 Å². The van der Waals surface area contributed by atoms with Crippen LogP contribution in [-0.2, 0) is 0 Å². The zero-order chi connectivity index (χ0) is 16.3. The fourth-order valence-corrected chi connectivity index (χ4v) is 2.10. The molecule has 0 bridgehead atoms. The molecule has 0 radical (unpaired) electrons. The molecule has 4 nitrogen and oxygen atoms in total. The molecule has 116 valence electrons. The number of benzene rings is 1. The number of hydrogen-bond acceptors (Lipinski definition) is 3. The molecule has 22 heavy (non-hydrogen) atoms. The first-order valence-electron chi connectivity index (χ1n) is 6.40. The quantitative estimate of drug-likeness (QED) is 0.674. The zero-order valence-electron chi connectivity index (χ0n) is 11.5. The van der Waals surface area contributed by atoms with E-state index in [1.807, 2.05) is 0 Å². The Morgan fingerprint density at radius 1 is 1.32 bits per heavy atom. The lowest BCUT2D eigenvalue weighted by molar-refractivity contribution is 0.0907. The number of carbonyl (C=O) groups excluding carboxylic acids is 2. The van der Waals surface area contributed by atoms with Gasteiger partial charge in [0, 0.05) is 12.5 Å². The van der Waals surface area contributed by atoms with Gasteiger partial charge in [0.25, 0.3) is 5.91 Å². The SMILES string of the molecule is C[C@@H](CC(=O)c1ccco1)NC(=O)c1cc(F)c(F)cc1Cl. The largest absolute Gasteiger partial charge is 0.461 e. The monoisotopic (exact) mass is 327 g/mol. The van der Waals surface area contributed by atoms with Gasteiger partial charge in [-0.3, -0.25) is 9.59 Å². The smallest absolute Gasteiger partial charge is 0.253 e. The topological polar surface area (TPSA) is 59.3 Å². The van der Waals surface area contributed by atoms with E-state index in [1.54, 1.807) is 13.0 Å². The molecule has 1 aromatic heterocycles. The molecule has 1 atom stereocenters. The van der Waals surface area contributed by atoms with Gasteiger partial charge in [-0.1, -0.05) is 11.6 Å². The van der Waals surface area contributed by atoms with Gasteiger partial charge in [0.1, 0.15) is 0 Å². The third kappa shape index (κ3) is 3.71. The van der Waals surface area contributed by atoms with Crippen molar-refractivity contribution < 1.29 is 22.8 Å². The predicted octanol–water partition coefficient (Wildman–Crippen LogP) is 3.60. The summed E-state index contributed by atoms with van der Waals surface area (Å²) in [5.74, 6) is -3.10. The summed E-state index contributed by atoms with van der Waals surface area (Å²) in [5, 5.41) is 2.29. The van der Waals surface area contributed by atoms with Crippen LogP contribution in [0.4, 0.5) is 8.78 Å². The van der Waals surface area contributed by atoms with Crippen molar-refractivity contribution in [2.45, 2.75) is 19.4 Å². The van der Waals surface area contributed by atoms with Crippen LogP contribution in [-0.4, -0.2) is 17.7 Å². The van der Waals surface area contributed by atoms with Gasteiger partial charge in [0.05, 0.1) is 16.8 Å². The molecule has 1 amide bonds. The second kappa shape index (κ2) is 6.70. The molecule has 0 aliphatic rings. The Morgan fingerprint density at radius 2 is 2.00 bits per heavy atom. The van der Waals surface area contributed by atoms with E-state index in [2.05, 4.69) is 5.32 Å². The minimum absolute atomic E-state index is 0.000545. The van der Waals surface area contributed by atoms with E-state index in [0.717, 1.165) is 6.07 Å². The van der Waals surface area contributed by atoms with Crippen molar-refractivity contribution in [3.05, 3.63) is 58.5 Å². The van der Waals surface area contributed by atoms with Gasteiger partial charge in [0.15, 0.2) is 23.2 Å². The summed E-state index contributed by atoms with van der Waals surface area (Å²) in [5.41, 5.74) is -0.196. The lowest BCUT2D eigenvalue weighted by Gasteiger charge is -2.13. The molecular weight excluding hydrogens is 316 g/mol. The van der Waals surface area contributed by atoms with E-state index in [-0.39, 0.29) is 28.6 Å². The number of nitrogens with one attached hydrogen (secondary N) is 1. The standard InChI is InChI=1S/C15H12ClF2NO3/c1-8(5-13(20)14-3-2-4-22-14)19-15(21)9-6-11(17)12(18)7-10(9)16/h2-4,6-8H,5H2,1H3,(H,19,21)/t8-/m0/s1. The number of rotatable bonds is 5.